The zero-order valence-electron chi connectivity index (χ0n) is 12.9. The third kappa shape index (κ3) is 6.77. The molecule has 0 aliphatic carbocycles. The highest BCUT2D eigenvalue weighted by molar-refractivity contribution is 5.43. The summed E-state index contributed by atoms with van der Waals surface area (Å²) in [5.41, 5.74) is 1.09. The standard InChI is InChI=1S/C15H25NO5/c1-18-7-6-16-9-12-4-5-14(15(8-12)20-3)21-11-13(17)10-19-2/h4-5,8,13,16-17H,6-7,9-11H2,1-3H3. The maximum absolute atomic E-state index is 9.58. The Labute approximate surface area is 126 Å². The summed E-state index contributed by atoms with van der Waals surface area (Å²) in [6.45, 7) is 2.60. The van der Waals surface area contributed by atoms with Crippen molar-refractivity contribution in [2.75, 3.05) is 47.7 Å². The molecule has 0 aliphatic heterocycles. The number of aliphatic hydroxyl groups excluding tert-OH is 1. The maximum atomic E-state index is 9.58. The van der Waals surface area contributed by atoms with Crippen molar-refractivity contribution in [2.45, 2.75) is 12.6 Å². The number of hydrogen-bond acceptors (Lipinski definition) is 6. The van der Waals surface area contributed by atoms with E-state index in [0.29, 0.717) is 18.1 Å². The van der Waals surface area contributed by atoms with Gasteiger partial charge in [-0.05, 0) is 17.7 Å². The Balaban J connectivity index is 2.53. The van der Waals surface area contributed by atoms with Crippen LogP contribution >= 0.6 is 0 Å². The van der Waals surface area contributed by atoms with Gasteiger partial charge in [-0.15, -0.1) is 0 Å². The molecule has 1 rings (SSSR count). The maximum Gasteiger partial charge on any atom is 0.161 e. The Morgan fingerprint density at radius 1 is 1.10 bits per heavy atom. The van der Waals surface area contributed by atoms with Gasteiger partial charge in [0.05, 0.1) is 20.3 Å². The lowest BCUT2D eigenvalue weighted by atomic mass is 10.2. The Hall–Kier alpha value is -1.34. The first-order valence-electron chi connectivity index (χ1n) is 6.87. The van der Waals surface area contributed by atoms with E-state index in [1.54, 1.807) is 14.2 Å². The molecule has 2 N–H and O–H groups in total. The van der Waals surface area contributed by atoms with Crippen LogP contribution in [-0.4, -0.2) is 58.9 Å². The van der Waals surface area contributed by atoms with E-state index in [9.17, 15) is 5.11 Å². The largest absolute Gasteiger partial charge is 0.493 e. The monoisotopic (exact) mass is 299 g/mol. The number of ether oxygens (including phenoxy) is 4. The molecule has 0 bridgehead atoms. The van der Waals surface area contributed by atoms with Crippen molar-refractivity contribution in [1.29, 1.82) is 0 Å². The Morgan fingerprint density at radius 2 is 1.90 bits per heavy atom. The molecule has 21 heavy (non-hydrogen) atoms. The first-order chi connectivity index (χ1) is 10.2. The Bertz CT molecular complexity index is 400. The molecule has 0 aliphatic rings. The van der Waals surface area contributed by atoms with Gasteiger partial charge in [-0.25, -0.2) is 0 Å². The lowest BCUT2D eigenvalue weighted by Gasteiger charge is -2.15. The third-order valence-electron chi connectivity index (χ3n) is 2.83. The number of aliphatic hydroxyl groups is 1. The van der Waals surface area contributed by atoms with Gasteiger partial charge < -0.3 is 29.4 Å². The molecule has 0 saturated carbocycles. The molecule has 120 valence electrons. The molecular formula is C15H25NO5. The number of hydrogen-bond donors (Lipinski definition) is 2. The molecule has 0 heterocycles. The smallest absolute Gasteiger partial charge is 0.161 e. The molecule has 6 heteroatoms. The Morgan fingerprint density at radius 3 is 2.57 bits per heavy atom. The van der Waals surface area contributed by atoms with Gasteiger partial charge in [0.25, 0.3) is 0 Å². The average Bonchev–Trinajstić information content (AvgIpc) is 2.50. The van der Waals surface area contributed by atoms with Gasteiger partial charge in [0, 0.05) is 27.3 Å². The van der Waals surface area contributed by atoms with Gasteiger partial charge in [0.1, 0.15) is 12.7 Å². The summed E-state index contributed by atoms with van der Waals surface area (Å²) in [5, 5.41) is 12.8. The highest BCUT2D eigenvalue weighted by Crippen LogP contribution is 2.28. The molecular weight excluding hydrogens is 274 g/mol. The quantitative estimate of drug-likeness (QED) is 0.590. The normalized spacial score (nSPS) is 12.2. The molecule has 0 saturated heterocycles. The Kier molecular flexibility index (Phi) is 8.77. The number of benzene rings is 1. The van der Waals surface area contributed by atoms with E-state index in [1.165, 1.54) is 7.11 Å². The fourth-order valence-corrected chi connectivity index (χ4v) is 1.77. The molecule has 0 aromatic heterocycles. The van der Waals surface area contributed by atoms with Gasteiger partial charge in [-0.3, -0.25) is 0 Å². The van der Waals surface area contributed by atoms with Crippen molar-refractivity contribution in [3.8, 4) is 11.5 Å². The van der Waals surface area contributed by atoms with Crippen molar-refractivity contribution in [3.63, 3.8) is 0 Å². The summed E-state index contributed by atoms with van der Waals surface area (Å²) in [6.07, 6.45) is -0.657. The van der Waals surface area contributed by atoms with E-state index >= 15 is 0 Å². The summed E-state index contributed by atoms with van der Waals surface area (Å²) in [5.74, 6) is 1.25. The van der Waals surface area contributed by atoms with E-state index in [2.05, 4.69) is 5.32 Å². The van der Waals surface area contributed by atoms with Crippen LogP contribution in [0.25, 0.3) is 0 Å². The van der Waals surface area contributed by atoms with Gasteiger partial charge in [0.2, 0.25) is 0 Å². The van der Waals surface area contributed by atoms with Crippen LogP contribution in [0.2, 0.25) is 0 Å². The zero-order chi connectivity index (χ0) is 15.5. The fourth-order valence-electron chi connectivity index (χ4n) is 1.77. The summed E-state index contributed by atoms with van der Waals surface area (Å²) < 4.78 is 20.7. The third-order valence-corrected chi connectivity index (χ3v) is 2.83. The van der Waals surface area contributed by atoms with Gasteiger partial charge >= 0.3 is 0 Å². The second kappa shape index (κ2) is 10.4. The minimum absolute atomic E-state index is 0.162. The molecule has 0 radical (unpaired) electrons. The van der Waals surface area contributed by atoms with Gasteiger partial charge in [0.15, 0.2) is 11.5 Å². The van der Waals surface area contributed by atoms with Crippen molar-refractivity contribution in [1.82, 2.24) is 5.32 Å². The van der Waals surface area contributed by atoms with Crippen LogP contribution in [-0.2, 0) is 16.0 Å². The van der Waals surface area contributed by atoms with Crippen molar-refractivity contribution in [3.05, 3.63) is 23.8 Å². The second-order valence-electron chi connectivity index (χ2n) is 4.57. The minimum Gasteiger partial charge on any atom is -0.493 e. The number of nitrogens with one attached hydrogen (secondary N) is 1. The first-order valence-corrected chi connectivity index (χ1v) is 6.87. The summed E-state index contributed by atoms with van der Waals surface area (Å²) in [6, 6.07) is 5.71. The second-order valence-corrected chi connectivity index (χ2v) is 4.57. The van der Waals surface area contributed by atoms with Gasteiger partial charge in [-0.2, -0.15) is 0 Å². The van der Waals surface area contributed by atoms with E-state index < -0.39 is 6.10 Å². The van der Waals surface area contributed by atoms with Crippen LogP contribution in [0, 0.1) is 0 Å². The lowest BCUT2D eigenvalue weighted by molar-refractivity contribution is 0.0319. The molecule has 6 nitrogen and oxygen atoms in total. The van der Waals surface area contributed by atoms with E-state index in [0.717, 1.165) is 18.7 Å². The SMILES string of the molecule is COCCNCc1ccc(OCC(O)COC)c(OC)c1. The molecule has 1 atom stereocenters. The van der Waals surface area contributed by atoms with Crippen molar-refractivity contribution >= 4 is 0 Å². The van der Waals surface area contributed by atoms with E-state index in [-0.39, 0.29) is 13.2 Å². The molecule has 1 unspecified atom stereocenters. The molecule has 1 aromatic carbocycles. The molecule has 0 spiro atoms. The average molecular weight is 299 g/mol. The highest BCUT2D eigenvalue weighted by Gasteiger charge is 2.09. The van der Waals surface area contributed by atoms with Crippen LogP contribution in [0.3, 0.4) is 0 Å². The summed E-state index contributed by atoms with van der Waals surface area (Å²) >= 11 is 0. The van der Waals surface area contributed by atoms with Crippen LogP contribution in [0.1, 0.15) is 5.56 Å². The predicted octanol–water partition coefficient (Wildman–Crippen LogP) is 0.817. The van der Waals surface area contributed by atoms with Crippen LogP contribution in [0.4, 0.5) is 0 Å². The van der Waals surface area contributed by atoms with Crippen molar-refractivity contribution < 1.29 is 24.1 Å². The predicted molar refractivity (Wildman–Crippen MR) is 80.0 cm³/mol. The van der Waals surface area contributed by atoms with Crippen molar-refractivity contribution in [2.24, 2.45) is 0 Å². The zero-order valence-corrected chi connectivity index (χ0v) is 12.9. The van der Waals surface area contributed by atoms with E-state index in [1.807, 2.05) is 18.2 Å². The number of methoxy groups -OCH3 is 3. The topological polar surface area (TPSA) is 69.2 Å². The highest BCUT2D eigenvalue weighted by atomic mass is 16.5. The van der Waals surface area contributed by atoms with Crippen LogP contribution < -0.4 is 14.8 Å². The van der Waals surface area contributed by atoms with Gasteiger partial charge in [-0.1, -0.05) is 6.07 Å². The fraction of sp³-hybridized carbons (Fsp3) is 0.600. The number of rotatable bonds is 11. The van der Waals surface area contributed by atoms with Crippen LogP contribution in [0.5, 0.6) is 11.5 Å². The summed E-state index contributed by atoms with van der Waals surface area (Å²) in [4.78, 5) is 0. The minimum atomic E-state index is -0.657. The summed E-state index contributed by atoms with van der Waals surface area (Å²) in [7, 11) is 4.81. The van der Waals surface area contributed by atoms with Crippen LogP contribution in [0.15, 0.2) is 18.2 Å². The molecule has 1 aromatic rings. The molecule has 0 fully saturated rings. The van der Waals surface area contributed by atoms with E-state index in [4.69, 9.17) is 18.9 Å². The lowest BCUT2D eigenvalue weighted by Crippen LogP contribution is -2.22. The first kappa shape index (κ1) is 17.7. The molecule has 0 amide bonds.